The number of piperazine rings is 1. The molecule has 1 saturated heterocycles. The van der Waals surface area contributed by atoms with Crippen LogP contribution in [0.2, 0.25) is 0 Å². The molecule has 0 spiro atoms. The summed E-state index contributed by atoms with van der Waals surface area (Å²) in [7, 11) is 2.24. The van der Waals surface area contributed by atoms with E-state index in [1.54, 1.807) is 0 Å². The molecule has 1 unspecified atom stereocenters. The first-order valence-corrected chi connectivity index (χ1v) is 9.33. The molecule has 3 heteroatoms. The number of hydrogen-bond donors (Lipinski definition) is 1. The molecule has 0 aromatic heterocycles. The molecule has 0 radical (unpaired) electrons. The second-order valence-electron chi connectivity index (χ2n) is 7.54. The van der Waals surface area contributed by atoms with Gasteiger partial charge in [-0.2, -0.15) is 0 Å². The second kappa shape index (κ2) is 9.12. The average molecular weight is 296 g/mol. The zero-order valence-corrected chi connectivity index (χ0v) is 14.6. The molecule has 1 N–H and O–H groups in total. The average Bonchev–Trinajstić information content (AvgIpc) is 2.52. The van der Waals surface area contributed by atoms with E-state index in [0.29, 0.717) is 6.04 Å². The molecule has 124 valence electrons. The van der Waals surface area contributed by atoms with Crippen LogP contribution in [0.1, 0.15) is 58.8 Å². The van der Waals surface area contributed by atoms with Crippen molar-refractivity contribution in [3.8, 4) is 0 Å². The Bertz CT molecular complexity index is 274. The molecule has 1 saturated carbocycles. The summed E-state index contributed by atoms with van der Waals surface area (Å²) in [5, 5.41) is 3.79. The predicted molar refractivity (Wildman–Crippen MR) is 91.8 cm³/mol. The molecule has 0 aromatic carbocycles. The lowest BCUT2D eigenvalue weighted by atomic mass is 9.83. The topological polar surface area (TPSA) is 18.5 Å². The summed E-state index contributed by atoms with van der Waals surface area (Å²) in [5.74, 6) is 0.952. The van der Waals surface area contributed by atoms with Gasteiger partial charge in [0.05, 0.1) is 0 Å². The molecule has 2 aliphatic rings. The Labute approximate surface area is 132 Å². The Kier molecular flexibility index (Phi) is 7.48. The highest BCUT2D eigenvalue weighted by atomic mass is 15.2. The van der Waals surface area contributed by atoms with Gasteiger partial charge in [0.15, 0.2) is 0 Å². The number of nitrogens with one attached hydrogen (secondary N) is 1. The first kappa shape index (κ1) is 17.2. The van der Waals surface area contributed by atoms with Crippen molar-refractivity contribution in [1.82, 2.24) is 15.1 Å². The van der Waals surface area contributed by atoms with Crippen LogP contribution in [0.4, 0.5) is 0 Å². The number of unbranched alkanes of at least 4 members (excludes halogenated alkanes) is 1. The van der Waals surface area contributed by atoms with Crippen LogP contribution < -0.4 is 5.32 Å². The van der Waals surface area contributed by atoms with Gasteiger partial charge in [0.25, 0.3) is 0 Å². The fourth-order valence-electron chi connectivity index (χ4n) is 3.85. The van der Waals surface area contributed by atoms with E-state index in [1.165, 1.54) is 77.7 Å². The van der Waals surface area contributed by atoms with Crippen molar-refractivity contribution in [2.45, 2.75) is 70.9 Å². The Morgan fingerprint density at radius 3 is 2.62 bits per heavy atom. The zero-order valence-electron chi connectivity index (χ0n) is 14.6. The zero-order chi connectivity index (χ0) is 15.1. The molecular weight excluding hydrogens is 258 g/mol. The largest absolute Gasteiger partial charge is 0.311 e. The summed E-state index contributed by atoms with van der Waals surface area (Å²) < 4.78 is 0. The van der Waals surface area contributed by atoms with Crippen molar-refractivity contribution in [2.75, 3.05) is 39.8 Å². The van der Waals surface area contributed by atoms with Crippen molar-refractivity contribution in [3.63, 3.8) is 0 Å². The summed E-state index contributed by atoms with van der Waals surface area (Å²) in [5.41, 5.74) is 0. The molecule has 21 heavy (non-hydrogen) atoms. The first-order valence-electron chi connectivity index (χ1n) is 9.33. The van der Waals surface area contributed by atoms with Gasteiger partial charge in [0.2, 0.25) is 0 Å². The second-order valence-corrected chi connectivity index (χ2v) is 7.54. The summed E-state index contributed by atoms with van der Waals surface area (Å²) in [6.45, 7) is 10.9. The van der Waals surface area contributed by atoms with E-state index < -0.39 is 0 Å². The molecule has 1 heterocycles. The third kappa shape index (κ3) is 5.88. The Morgan fingerprint density at radius 1 is 1.14 bits per heavy atom. The molecule has 0 bridgehead atoms. The smallest absolute Gasteiger partial charge is 0.0223 e. The summed E-state index contributed by atoms with van der Waals surface area (Å²) in [6.07, 6.45) is 10.0. The minimum Gasteiger partial charge on any atom is -0.311 e. The van der Waals surface area contributed by atoms with Crippen LogP contribution in [0.15, 0.2) is 0 Å². The summed E-state index contributed by atoms with van der Waals surface area (Å²) in [6, 6.07) is 1.46. The van der Waals surface area contributed by atoms with Crippen LogP contribution in [0.25, 0.3) is 0 Å². The van der Waals surface area contributed by atoms with Crippen molar-refractivity contribution >= 4 is 0 Å². The highest BCUT2D eigenvalue weighted by molar-refractivity contribution is 4.85. The molecule has 1 aliphatic carbocycles. The molecule has 0 aromatic rings. The Morgan fingerprint density at radius 2 is 1.90 bits per heavy atom. The third-order valence-corrected chi connectivity index (χ3v) is 5.63. The minimum absolute atomic E-state index is 0.680. The van der Waals surface area contributed by atoms with E-state index in [1.807, 2.05) is 0 Å². The van der Waals surface area contributed by atoms with E-state index in [-0.39, 0.29) is 0 Å². The monoisotopic (exact) mass is 295 g/mol. The van der Waals surface area contributed by atoms with Gasteiger partial charge in [-0.15, -0.1) is 0 Å². The van der Waals surface area contributed by atoms with Crippen molar-refractivity contribution < 1.29 is 0 Å². The van der Waals surface area contributed by atoms with Crippen molar-refractivity contribution in [1.29, 1.82) is 0 Å². The van der Waals surface area contributed by atoms with Crippen LogP contribution in [0, 0.1) is 5.92 Å². The minimum atomic E-state index is 0.680. The normalized spacial score (nSPS) is 25.9. The SMILES string of the molecule is CC(C)N(C)CCCCN1CCNC(C2CCCCC2)C1. The fourth-order valence-corrected chi connectivity index (χ4v) is 3.85. The Hall–Kier alpha value is -0.120. The highest BCUT2D eigenvalue weighted by Crippen LogP contribution is 2.27. The maximum absolute atomic E-state index is 3.79. The molecule has 0 amide bonds. The molecule has 2 rings (SSSR count). The van der Waals surface area contributed by atoms with Crippen LogP contribution in [-0.2, 0) is 0 Å². The highest BCUT2D eigenvalue weighted by Gasteiger charge is 2.27. The first-order chi connectivity index (χ1) is 10.2. The third-order valence-electron chi connectivity index (χ3n) is 5.63. The van der Waals surface area contributed by atoms with Crippen molar-refractivity contribution in [3.05, 3.63) is 0 Å². The predicted octanol–water partition coefficient (Wildman–Crippen LogP) is 2.96. The molecule has 1 atom stereocenters. The Balaban J connectivity index is 1.62. The van der Waals surface area contributed by atoms with E-state index in [4.69, 9.17) is 0 Å². The van der Waals surface area contributed by atoms with Gasteiger partial charge in [0, 0.05) is 31.7 Å². The van der Waals surface area contributed by atoms with E-state index in [9.17, 15) is 0 Å². The van der Waals surface area contributed by atoms with Crippen LogP contribution in [0.5, 0.6) is 0 Å². The van der Waals surface area contributed by atoms with E-state index in [2.05, 4.69) is 36.0 Å². The van der Waals surface area contributed by atoms with Gasteiger partial charge >= 0.3 is 0 Å². The summed E-state index contributed by atoms with van der Waals surface area (Å²) >= 11 is 0. The lowest BCUT2D eigenvalue weighted by Gasteiger charge is -2.39. The van der Waals surface area contributed by atoms with Crippen LogP contribution in [-0.4, -0.2) is 61.7 Å². The van der Waals surface area contributed by atoms with Gasteiger partial charge < -0.3 is 15.1 Å². The molecule has 1 aliphatic heterocycles. The van der Waals surface area contributed by atoms with Gasteiger partial charge in [0.1, 0.15) is 0 Å². The van der Waals surface area contributed by atoms with Gasteiger partial charge in [-0.3, -0.25) is 0 Å². The molecule has 3 nitrogen and oxygen atoms in total. The lowest BCUT2D eigenvalue weighted by Crippen LogP contribution is -2.54. The van der Waals surface area contributed by atoms with E-state index >= 15 is 0 Å². The maximum Gasteiger partial charge on any atom is 0.0223 e. The number of nitrogens with zero attached hydrogens (tertiary/aromatic N) is 2. The standard InChI is InChI=1S/C18H37N3/c1-16(2)20(3)12-7-8-13-21-14-11-19-18(15-21)17-9-5-4-6-10-17/h16-19H,4-15H2,1-3H3. The maximum atomic E-state index is 3.79. The summed E-state index contributed by atoms with van der Waals surface area (Å²) in [4.78, 5) is 5.17. The van der Waals surface area contributed by atoms with Crippen molar-refractivity contribution in [2.24, 2.45) is 5.92 Å². The quantitative estimate of drug-likeness (QED) is 0.729. The van der Waals surface area contributed by atoms with Gasteiger partial charge in [-0.25, -0.2) is 0 Å². The van der Waals surface area contributed by atoms with Gasteiger partial charge in [-0.05, 0) is 65.6 Å². The van der Waals surface area contributed by atoms with Crippen LogP contribution in [0.3, 0.4) is 0 Å². The van der Waals surface area contributed by atoms with Crippen LogP contribution >= 0.6 is 0 Å². The number of rotatable bonds is 7. The lowest BCUT2D eigenvalue weighted by molar-refractivity contribution is 0.143. The number of hydrogen-bond acceptors (Lipinski definition) is 3. The van der Waals surface area contributed by atoms with E-state index in [0.717, 1.165) is 12.0 Å². The van der Waals surface area contributed by atoms with Gasteiger partial charge in [-0.1, -0.05) is 19.3 Å². The molecule has 2 fully saturated rings. The fraction of sp³-hybridized carbons (Fsp3) is 1.00. The molecular formula is C18H37N3.